The maximum absolute atomic E-state index is 12.2. The Morgan fingerprint density at radius 1 is 0.889 bits per heavy atom. The third-order valence-electron chi connectivity index (χ3n) is 6.22. The number of nitrogens with one attached hydrogen (secondary N) is 3. The highest BCUT2D eigenvalue weighted by Gasteiger charge is 2.29. The summed E-state index contributed by atoms with van der Waals surface area (Å²) in [7, 11) is 0. The van der Waals surface area contributed by atoms with Crippen molar-refractivity contribution >= 4 is 33.7 Å². The molecule has 10 heteroatoms. The first-order valence-electron chi connectivity index (χ1n) is 11.6. The van der Waals surface area contributed by atoms with E-state index < -0.39 is 0 Å². The van der Waals surface area contributed by atoms with E-state index in [0.717, 1.165) is 46.2 Å². The van der Waals surface area contributed by atoms with Gasteiger partial charge < -0.3 is 10.3 Å². The van der Waals surface area contributed by atoms with Gasteiger partial charge in [0.05, 0.1) is 34.3 Å². The molecule has 3 N–H and O–H groups in total. The van der Waals surface area contributed by atoms with Crippen molar-refractivity contribution in [3.8, 4) is 34.0 Å². The smallest absolute Gasteiger partial charge is 0.227 e. The molecule has 7 rings (SSSR count). The van der Waals surface area contributed by atoms with Crippen LogP contribution in [0.2, 0.25) is 0 Å². The number of carbonyl (C=O) groups excluding carboxylic acids is 1. The second kappa shape index (κ2) is 8.05. The predicted octanol–water partition coefficient (Wildman–Crippen LogP) is 4.37. The molecule has 10 nitrogen and oxygen atoms in total. The minimum absolute atomic E-state index is 0.0412. The van der Waals surface area contributed by atoms with E-state index in [1.165, 1.54) is 0 Å². The van der Waals surface area contributed by atoms with Crippen molar-refractivity contribution in [1.82, 2.24) is 40.1 Å². The Morgan fingerprint density at radius 2 is 1.78 bits per heavy atom. The number of hydrogen-bond donors (Lipinski definition) is 3. The van der Waals surface area contributed by atoms with Crippen molar-refractivity contribution in [3.63, 3.8) is 0 Å². The summed E-state index contributed by atoms with van der Waals surface area (Å²) in [6, 6.07) is 11.4. The second-order valence-electron chi connectivity index (χ2n) is 8.77. The van der Waals surface area contributed by atoms with Gasteiger partial charge >= 0.3 is 0 Å². The zero-order valence-electron chi connectivity index (χ0n) is 18.9. The molecular weight excluding hydrogens is 454 g/mol. The molecule has 0 bridgehead atoms. The molecule has 6 heterocycles. The van der Waals surface area contributed by atoms with Crippen molar-refractivity contribution in [3.05, 3.63) is 67.4 Å². The molecule has 0 aromatic carbocycles. The molecule has 174 valence electrons. The van der Waals surface area contributed by atoms with Gasteiger partial charge in [-0.05, 0) is 49.2 Å². The minimum atomic E-state index is 0.0412. The summed E-state index contributed by atoms with van der Waals surface area (Å²) < 4.78 is 0. The Labute approximate surface area is 204 Å². The van der Waals surface area contributed by atoms with Crippen LogP contribution in [0.3, 0.4) is 0 Å². The van der Waals surface area contributed by atoms with Gasteiger partial charge in [0, 0.05) is 41.8 Å². The number of aromatic nitrogens is 8. The van der Waals surface area contributed by atoms with Gasteiger partial charge in [0.15, 0.2) is 11.5 Å². The highest BCUT2D eigenvalue weighted by molar-refractivity contribution is 5.96. The van der Waals surface area contributed by atoms with Crippen LogP contribution < -0.4 is 5.32 Å². The number of anilines is 1. The fourth-order valence-electron chi connectivity index (χ4n) is 4.22. The molecule has 6 aromatic heterocycles. The Morgan fingerprint density at radius 3 is 2.64 bits per heavy atom. The lowest BCUT2D eigenvalue weighted by atomic mass is 10.1. The lowest BCUT2D eigenvalue weighted by Gasteiger charge is -2.06. The van der Waals surface area contributed by atoms with E-state index in [-0.39, 0.29) is 11.8 Å². The van der Waals surface area contributed by atoms with Crippen molar-refractivity contribution in [2.24, 2.45) is 5.92 Å². The van der Waals surface area contributed by atoms with Crippen LogP contribution >= 0.6 is 0 Å². The monoisotopic (exact) mass is 473 g/mol. The first kappa shape index (κ1) is 20.4. The molecule has 0 unspecified atom stereocenters. The number of hydrogen-bond acceptors (Lipinski definition) is 7. The van der Waals surface area contributed by atoms with E-state index in [0.29, 0.717) is 28.4 Å². The predicted molar refractivity (Wildman–Crippen MR) is 135 cm³/mol. The van der Waals surface area contributed by atoms with Crippen molar-refractivity contribution in [2.75, 3.05) is 5.32 Å². The molecule has 0 saturated heterocycles. The molecule has 0 aliphatic heterocycles. The fraction of sp³-hybridized carbons (Fsp3) is 0.115. The van der Waals surface area contributed by atoms with Crippen LogP contribution in [0.25, 0.3) is 56.1 Å². The van der Waals surface area contributed by atoms with Gasteiger partial charge in [-0.15, -0.1) is 0 Å². The second-order valence-corrected chi connectivity index (χ2v) is 8.77. The summed E-state index contributed by atoms with van der Waals surface area (Å²) in [5.74, 6) is 0.747. The maximum Gasteiger partial charge on any atom is 0.227 e. The average Bonchev–Trinajstić information content (AvgIpc) is 3.55. The number of carbonyl (C=O) groups is 1. The Kier molecular flexibility index (Phi) is 4.56. The van der Waals surface area contributed by atoms with Crippen LogP contribution in [-0.4, -0.2) is 46.0 Å². The van der Waals surface area contributed by atoms with Crippen LogP contribution in [-0.2, 0) is 4.79 Å². The number of amides is 1. The van der Waals surface area contributed by atoms with Gasteiger partial charge in [-0.3, -0.25) is 24.8 Å². The molecule has 0 radical (unpaired) electrons. The zero-order chi connectivity index (χ0) is 24.1. The minimum Gasteiger partial charge on any atom is -0.336 e. The average molecular weight is 474 g/mol. The molecule has 1 amide bonds. The molecular formula is C26H19N9O. The van der Waals surface area contributed by atoms with Crippen LogP contribution in [0.15, 0.2) is 67.4 Å². The van der Waals surface area contributed by atoms with E-state index in [2.05, 4.69) is 35.5 Å². The highest BCUT2D eigenvalue weighted by atomic mass is 16.2. The van der Waals surface area contributed by atoms with E-state index in [9.17, 15) is 4.79 Å². The largest absolute Gasteiger partial charge is 0.336 e. The summed E-state index contributed by atoms with van der Waals surface area (Å²) in [6.07, 6.45) is 10.5. The van der Waals surface area contributed by atoms with Crippen molar-refractivity contribution in [2.45, 2.75) is 12.8 Å². The normalized spacial score (nSPS) is 13.3. The maximum atomic E-state index is 12.2. The van der Waals surface area contributed by atoms with Crippen molar-refractivity contribution < 1.29 is 4.79 Å². The molecule has 6 aromatic rings. The van der Waals surface area contributed by atoms with Crippen molar-refractivity contribution in [1.29, 1.82) is 0 Å². The summed E-state index contributed by atoms with van der Waals surface area (Å²) in [4.78, 5) is 38.2. The third kappa shape index (κ3) is 3.56. The Balaban J connectivity index is 1.28. The molecule has 0 spiro atoms. The topological polar surface area (TPSA) is 138 Å². The van der Waals surface area contributed by atoms with Crippen LogP contribution in [0, 0.1) is 5.92 Å². The summed E-state index contributed by atoms with van der Waals surface area (Å²) in [6.45, 7) is 0. The standard InChI is InChI=1S/C26H19N9O/c36-26(14-3-4-14)30-17-10-16(12-28-13-17)18-5-6-20-23(31-18)24(35-34-20)25-32-19-7-9-29-21(22(19)33-25)15-2-1-8-27-11-15/h1-2,5-14H,3-4H2,(H,30,36)(H,32,33)(H,34,35). The number of aromatic amines is 2. The molecule has 0 atom stereocenters. The molecule has 1 saturated carbocycles. The summed E-state index contributed by atoms with van der Waals surface area (Å²) in [5.41, 5.74) is 7.44. The highest BCUT2D eigenvalue weighted by Crippen LogP contribution is 2.32. The number of pyridine rings is 4. The van der Waals surface area contributed by atoms with E-state index in [4.69, 9.17) is 9.97 Å². The summed E-state index contributed by atoms with van der Waals surface area (Å²) >= 11 is 0. The van der Waals surface area contributed by atoms with Gasteiger partial charge in [0.2, 0.25) is 5.91 Å². The zero-order valence-corrected chi connectivity index (χ0v) is 18.9. The number of nitrogens with zero attached hydrogens (tertiary/aromatic N) is 6. The molecule has 36 heavy (non-hydrogen) atoms. The fourth-order valence-corrected chi connectivity index (χ4v) is 4.22. The van der Waals surface area contributed by atoms with Crippen LogP contribution in [0.5, 0.6) is 0 Å². The van der Waals surface area contributed by atoms with E-state index >= 15 is 0 Å². The quantitative estimate of drug-likeness (QED) is 0.338. The van der Waals surface area contributed by atoms with Gasteiger partial charge in [-0.1, -0.05) is 0 Å². The van der Waals surface area contributed by atoms with Gasteiger partial charge in [0.1, 0.15) is 11.0 Å². The van der Waals surface area contributed by atoms with E-state index in [1.54, 1.807) is 31.0 Å². The first-order valence-corrected chi connectivity index (χ1v) is 11.6. The SMILES string of the molecule is O=C(Nc1cncc(-c2ccc3[nH]nc(-c4nc5c(-c6cccnc6)nccc5[nH]4)c3n2)c1)C1CC1. The lowest BCUT2D eigenvalue weighted by Crippen LogP contribution is -2.13. The molecule has 1 aliphatic carbocycles. The Bertz CT molecular complexity index is 1750. The van der Waals surface area contributed by atoms with Gasteiger partial charge in [0.25, 0.3) is 0 Å². The number of imidazole rings is 1. The van der Waals surface area contributed by atoms with Crippen LogP contribution in [0.1, 0.15) is 12.8 Å². The lowest BCUT2D eigenvalue weighted by molar-refractivity contribution is -0.117. The molecule has 1 aliphatic rings. The van der Waals surface area contributed by atoms with Gasteiger partial charge in [-0.2, -0.15) is 5.10 Å². The van der Waals surface area contributed by atoms with Gasteiger partial charge in [-0.25, -0.2) is 9.97 Å². The Hall–Kier alpha value is -4.99. The summed E-state index contributed by atoms with van der Waals surface area (Å²) in [5, 5.41) is 10.5. The molecule has 1 fully saturated rings. The van der Waals surface area contributed by atoms with Crippen LogP contribution in [0.4, 0.5) is 5.69 Å². The first-order chi connectivity index (χ1) is 17.7. The number of H-pyrrole nitrogens is 2. The van der Waals surface area contributed by atoms with E-state index in [1.807, 2.05) is 36.4 Å². The number of fused-ring (bicyclic) bond motifs is 2. The number of rotatable bonds is 5. The third-order valence-corrected chi connectivity index (χ3v) is 6.22.